The van der Waals surface area contributed by atoms with Gasteiger partial charge in [-0.1, -0.05) is 29.3 Å². The monoisotopic (exact) mass is 365 g/mol. The third kappa shape index (κ3) is 4.23. The number of likely N-dealkylation sites (tertiary alicyclic amines) is 1. The minimum atomic E-state index is -0.114. The molecule has 0 aliphatic carbocycles. The lowest BCUT2D eigenvalue weighted by molar-refractivity contribution is -0.118. The first-order valence-electron chi connectivity index (χ1n) is 7.93. The van der Waals surface area contributed by atoms with Crippen molar-refractivity contribution >= 4 is 29.1 Å². The number of carbonyl (C=O) groups is 1. The van der Waals surface area contributed by atoms with Gasteiger partial charge in [0, 0.05) is 21.7 Å². The Hall–Kier alpha value is -1.70. The molecule has 6 heteroatoms. The molecule has 0 radical (unpaired) electrons. The quantitative estimate of drug-likeness (QED) is 0.649. The molecule has 1 aromatic carbocycles. The van der Waals surface area contributed by atoms with E-state index >= 15 is 0 Å². The number of nitrogens with one attached hydrogen (secondary N) is 1. The molecule has 0 bridgehead atoms. The van der Waals surface area contributed by atoms with Crippen molar-refractivity contribution < 1.29 is 4.79 Å². The number of rotatable bonds is 4. The van der Waals surface area contributed by atoms with Crippen LogP contribution in [-0.2, 0) is 11.2 Å². The Morgan fingerprint density at radius 2 is 2.17 bits per heavy atom. The Labute approximate surface area is 153 Å². The second-order valence-corrected chi connectivity index (χ2v) is 7.08. The van der Waals surface area contributed by atoms with Crippen molar-refractivity contribution in [1.82, 2.24) is 10.2 Å². The maximum Gasteiger partial charge on any atom is 0.246 e. The summed E-state index contributed by atoms with van der Waals surface area (Å²) >= 11 is 12.1. The van der Waals surface area contributed by atoms with E-state index in [4.69, 9.17) is 28.5 Å². The fraction of sp³-hybridized carbons (Fsp3) is 0.444. The summed E-state index contributed by atoms with van der Waals surface area (Å²) in [6, 6.07) is 5.41. The largest absolute Gasteiger partial charge is 0.347 e. The molecular weight excluding hydrogens is 345 g/mol. The number of allylic oxidation sites excluding steroid dienone is 1. The second kappa shape index (κ2) is 7.92. The van der Waals surface area contributed by atoms with Gasteiger partial charge in [-0.05, 0) is 57.4 Å². The number of carbonyl (C=O) groups excluding carboxylic acids is 1. The predicted molar refractivity (Wildman–Crippen MR) is 96.8 cm³/mol. The molecule has 0 saturated carbocycles. The standard InChI is InChI=1S/C18H21Cl2N3O/c1-11(4-5-14-9-15(19)6-7-16(14)20)18(24)22-17-8-12(2)23(10-21)13(17)3/h4,6-7,9,12-13,17H,5,8H2,1-3H3,(H,22,24)/b11-4+/t12-,13+,17+/m0/s1. The molecule has 24 heavy (non-hydrogen) atoms. The van der Waals surface area contributed by atoms with E-state index in [0.29, 0.717) is 22.0 Å². The van der Waals surface area contributed by atoms with E-state index in [1.165, 1.54) is 0 Å². The molecule has 1 N–H and O–H groups in total. The number of halogens is 2. The summed E-state index contributed by atoms with van der Waals surface area (Å²) in [5.41, 5.74) is 1.51. The van der Waals surface area contributed by atoms with Crippen LogP contribution in [0.2, 0.25) is 10.0 Å². The molecule has 4 nitrogen and oxygen atoms in total. The summed E-state index contributed by atoms with van der Waals surface area (Å²) in [7, 11) is 0. The van der Waals surface area contributed by atoms with Gasteiger partial charge in [0.2, 0.25) is 5.91 Å². The molecular formula is C18H21Cl2N3O. The normalized spacial score (nSPS) is 23.9. The van der Waals surface area contributed by atoms with Crippen molar-refractivity contribution in [2.75, 3.05) is 0 Å². The molecule has 0 aromatic heterocycles. The number of hydrogen-bond acceptors (Lipinski definition) is 3. The van der Waals surface area contributed by atoms with Gasteiger partial charge in [0.25, 0.3) is 0 Å². The molecule has 1 heterocycles. The van der Waals surface area contributed by atoms with Crippen LogP contribution in [-0.4, -0.2) is 28.9 Å². The third-order valence-electron chi connectivity index (χ3n) is 4.52. The molecule has 0 unspecified atom stereocenters. The van der Waals surface area contributed by atoms with Crippen LogP contribution in [0.5, 0.6) is 0 Å². The van der Waals surface area contributed by atoms with Gasteiger partial charge in [-0.3, -0.25) is 4.79 Å². The van der Waals surface area contributed by atoms with Gasteiger partial charge < -0.3 is 10.2 Å². The lowest BCUT2D eigenvalue weighted by Gasteiger charge is -2.21. The van der Waals surface area contributed by atoms with E-state index in [1.54, 1.807) is 30.0 Å². The van der Waals surface area contributed by atoms with Crippen LogP contribution in [0.3, 0.4) is 0 Å². The van der Waals surface area contributed by atoms with E-state index in [2.05, 4.69) is 11.5 Å². The minimum absolute atomic E-state index is 0.00382. The van der Waals surface area contributed by atoms with E-state index in [0.717, 1.165) is 12.0 Å². The zero-order valence-electron chi connectivity index (χ0n) is 14.0. The van der Waals surface area contributed by atoms with Crippen molar-refractivity contribution in [1.29, 1.82) is 5.26 Å². The summed E-state index contributed by atoms with van der Waals surface area (Å²) in [5.74, 6) is -0.114. The van der Waals surface area contributed by atoms with Gasteiger partial charge in [0.1, 0.15) is 0 Å². The van der Waals surface area contributed by atoms with Gasteiger partial charge in [-0.25, -0.2) is 0 Å². The Kier molecular flexibility index (Phi) is 6.15. The third-order valence-corrected chi connectivity index (χ3v) is 5.12. The van der Waals surface area contributed by atoms with Gasteiger partial charge in [0.15, 0.2) is 6.19 Å². The number of nitrogens with zero attached hydrogens (tertiary/aromatic N) is 2. The Morgan fingerprint density at radius 1 is 1.46 bits per heavy atom. The van der Waals surface area contributed by atoms with Gasteiger partial charge in [0.05, 0.1) is 12.1 Å². The fourth-order valence-corrected chi connectivity index (χ4v) is 3.37. The van der Waals surface area contributed by atoms with Crippen LogP contribution in [0, 0.1) is 11.5 Å². The lowest BCUT2D eigenvalue weighted by Crippen LogP contribution is -2.42. The molecule has 1 aliphatic rings. The Bertz CT molecular complexity index is 696. The van der Waals surface area contributed by atoms with Crippen molar-refractivity contribution in [3.05, 3.63) is 45.5 Å². The van der Waals surface area contributed by atoms with E-state index in [-0.39, 0.29) is 24.0 Å². The van der Waals surface area contributed by atoms with Crippen LogP contribution < -0.4 is 5.32 Å². The predicted octanol–water partition coefficient (Wildman–Crippen LogP) is 3.93. The molecule has 128 valence electrons. The highest BCUT2D eigenvalue weighted by Gasteiger charge is 2.36. The zero-order valence-corrected chi connectivity index (χ0v) is 15.5. The summed E-state index contributed by atoms with van der Waals surface area (Å²) < 4.78 is 0. The van der Waals surface area contributed by atoms with Crippen LogP contribution in [0.4, 0.5) is 0 Å². The molecule has 1 fully saturated rings. The summed E-state index contributed by atoms with van der Waals surface area (Å²) in [4.78, 5) is 14.1. The van der Waals surface area contributed by atoms with Crippen LogP contribution in [0.1, 0.15) is 32.8 Å². The van der Waals surface area contributed by atoms with E-state index in [9.17, 15) is 4.79 Å². The molecule has 2 rings (SSSR count). The number of nitriles is 1. The molecule has 1 saturated heterocycles. The average Bonchev–Trinajstić information content (AvgIpc) is 2.81. The number of benzene rings is 1. The highest BCUT2D eigenvalue weighted by atomic mass is 35.5. The molecule has 1 aromatic rings. The molecule has 0 spiro atoms. The smallest absolute Gasteiger partial charge is 0.246 e. The highest BCUT2D eigenvalue weighted by molar-refractivity contribution is 6.33. The van der Waals surface area contributed by atoms with Crippen LogP contribution in [0.25, 0.3) is 0 Å². The maximum absolute atomic E-state index is 12.4. The van der Waals surface area contributed by atoms with Crippen molar-refractivity contribution in [2.45, 2.75) is 51.7 Å². The highest BCUT2D eigenvalue weighted by Crippen LogP contribution is 2.24. The van der Waals surface area contributed by atoms with Gasteiger partial charge in [-0.15, -0.1) is 0 Å². The Balaban J connectivity index is 2.00. The summed E-state index contributed by atoms with van der Waals surface area (Å²) in [5, 5.41) is 13.4. The van der Waals surface area contributed by atoms with Crippen molar-refractivity contribution in [2.24, 2.45) is 0 Å². The topological polar surface area (TPSA) is 56.1 Å². The first-order chi connectivity index (χ1) is 11.3. The first kappa shape index (κ1) is 18.6. The zero-order chi connectivity index (χ0) is 17.9. The Morgan fingerprint density at radius 3 is 2.79 bits per heavy atom. The second-order valence-electron chi connectivity index (χ2n) is 6.24. The van der Waals surface area contributed by atoms with Crippen molar-refractivity contribution in [3.63, 3.8) is 0 Å². The minimum Gasteiger partial charge on any atom is -0.347 e. The van der Waals surface area contributed by atoms with Crippen LogP contribution in [0.15, 0.2) is 29.8 Å². The summed E-state index contributed by atoms with van der Waals surface area (Å²) in [6.07, 6.45) is 5.35. The average molecular weight is 366 g/mol. The maximum atomic E-state index is 12.4. The summed E-state index contributed by atoms with van der Waals surface area (Å²) in [6.45, 7) is 5.73. The molecule has 1 aliphatic heterocycles. The van der Waals surface area contributed by atoms with Gasteiger partial charge in [-0.2, -0.15) is 5.26 Å². The first-order valence-corrected chi connectivity index (χ1v) is 8.68. The lowest BCUT2D eigenvalue weighted by atomic mass is 10.1. The molecule has 1 amide bonds. The van der Waals surface area contributed by atoms with Gasteiger partial charge >= 0.3 is 0 Å². The van der Waals surface area contributed by atoms with Crippen molar-refractivity contribution in [3.8, 4) is 6.19 Å². The van der Waals surface area contributed by atoms with E-state index < -0.39 is 0 Å². The fourth-order valence-electron chi connectivity index (χ4n) is 2.98. The number of amides is 1. The van der Waals surface area contributed by atoms with E-state index in [1.807, 2.05) is 19.9 Å². The molecule has 3 atom stereocenters. The van der Waals surface area contributed by atoms with Crippen LogP contribution >= 0.6 is 23.2 Å². The number of hydrogen-bond donors (Lipinski definition) is 1. The SMILES string of the molecule is C/C(=C\Cc1cc(Cl)ccc1Cl)C(=O)N[C@@H]1C[C@H](C)N(C#N)[C@@H]1C.